The van der Waals surface area contributed by atoms with E-state index in [1.807, 2.05) is 6.92 Å². The molecular formula is C13H14O4. The van der Waals surface area contributed by atoms with Gasteiger partial charge in [-0.1, -0.05) is 0 Å². The molecule has 0 amide bonds. The summed E-state index contributed by atoms with van der Waals surface area (Å²) in [5.41, 5.74) is 0.844. The van der Waals surface area contributed by atoms with Gasteiger partial charge in [0.25, 0.3) is 0 Å². The van der Waals surface area contributed by atoms with Crippen LogP contribution < -0.4 is 4.74 Å². The lowest BCUT2D eigenvalue weighted by Gasteiger charge is -2.13. The van der Waals surface area contributed by atoms with Gasteiger partial charge in [-0.15, -0.1) is 0 Å². The first kappa shape index (κ1) is 10.6. The predicted octanol–water partition coefficient (Wildman–Crippen LogP) is 1.69. The van der Waals surface area contributed by atoms with Crippen LogP contribution in [0.15, 0.2) is 12.1 Å². The van der Waals surface area contributed by atoms with E-state index >= 15 is 0 Å². The van der Waals surface area contributed by atoms with Crippen molar-refractivity contribution in [3.05, 3.63) is 23.3 Å². The van der Waals surface area contributed by atoms with Gasteiger partial charge in [-0.05, 0) is 26.0 Å². The number of epoxide rings is 1. The van der Waals surface area contributed by atoms with E-state index in [1.165, 1.54) is 6.92 Å². The summed E-state index contributed by atoms with van der Waals surface area (Å²) in [6.45, 7) is 4.12. The maximum Gasteiger partial charge on any atom is 0.163 e. The minimum atomic E-state index is -0.234. The third-order valence-electron chi connectivity index (χ3n) is 3.56. The van der Waals surface area contributed by atoms with E-state index in [9.17, 15) is 9.90 Å². The van der Waals surface area contributed by atoms with Gasteiger partial charge in [0.15, 0.2) is 5.78 Å². The Kier molecular flexibility index (Phi) is 2.01. The standard InChI is InChI=1S/C13H14O4/c1-7(14)8-3-4-10-9(12(8)15)5-11(17-10)13(2)6-16-13/h3-4,11,15H,5-6H2,1-2H3/t11-,13+/m1/s1. The van der Waals surface area contributed by atoms with Crippen LogP contribution in [0.25, 0.3) is 0 Å². The van der Waals surface area contributed by atoms with E-state index in [0.717, 1.165) is 5.56 Å². The third kappa shape index (κ3) is 1.52. The van der Waals surface area contributed by atoms with Crippen LogP contribution in [0.4, 0.5) is 0 Å². The lowest BCUT2D eigenvalue weighted by Crippen LogP contribution is -2.30. The summed E-state index contributed by atoms with van der Waals surface area (Å²) >= 11 is 0. The molecule has 0 radical (unpaired) electrons. The molecule has 2 aliphatic heterocycles. The highest BCUT2D eigenvalue weighted by molar-refractivity contribution is 5.97. The minimum absolute atomic E-state index is 0.0572. The van der Waals surface area contributed by atoms with Crippen molar-refractivity contribution >= 4 is 5.78 Å². The largest absolute Gasteiger partial charge is 0.507 e. The zero-order valence-electron chi connectivity index (χ0n) is 9.82. The van der Waals surface area contributed by atoms with E-state index in [0.29, 0.717) is 24.3 Å². The molecule has 4 nitrogen and oxygen atoms in total. The van der Waals surface area contributed by atoms with Gasteiger partial charge in [0.1, 0.15) is 23.2 Å². The molecule has 2 atom stereocenters. The van der Waals surface area contributed by atoms with Crippen molar-refractivity contribution in [3.8, 4) is 11.5 Å². The molecule has 1 N–H and O–H groups in total. The first-order chi connectivity index (χ1) is 8.01. The number of aromatic hydroxyl groups is 1. The summed E-state index contributed by atoms with van der Waals surface area (Å²) in [5, 5.41) is 10.0. The molecule has 0 spiro atoms. The maximum absolute atomic E-state index is 11.3. The van der Waals surface area contributed by atoms with E-state index in [4.69, 9.17) is 9.47 Å². The number of carbonyl (C=O) groups is 1. The van der Waals surface area contributed by atoms with Gasteiger partial charge >= 0.3 is 0 Å². The average Bonchev–Trinajstić information content (AvgIpc) is 2.87. The molecule has 1 fully saturated rings. The summed E-state index contributed by atoms with van der Waals surface area (Å²) in [6, 6.07) is 3.35. The highest BCUT2D eigenvalue weighted by Crippen LogP contribution is 2.44. The van der Waals surface area contributed by atoms with Crippen LogP contribution in [-0.2, 0) is 11.2 Å². The summed E-state index contributed by atoms with van der Waals surface area (Å²) in [7, 11) is 0. The van der Waals surface area contributed by atoms with Crippen LogP contribution in [0, 0.1) is 0 Å². The Hall–Kier alpha value is -1.55. The molecule has 2 aliphatic rings. The topological polar surface area (TPSA) is 59.1 Å². The second-order valence-corrected chi connectivity index (χ2v) is 4.91. The first-order valence-corrected chi connectivity index (χ1v) is 5.68. The number of benzene rings is 1. The highest BCUT2D eigenvalue weighted by Gasteiger charge is 2.51. The number of rotatable bonds is 2. The average molecular weight is 234 g/mol. The molecule has 0 saturated carbocycles. The summed E-state index contributed by atoms with van der Waals surface area (Å²) in [6.07, 6.45) is 0.532. The Balaban J connectivity index is 1.97. The minimum Gasteiger partial charge on any atom is -0.507 e. The monoisotopic (exact) mass is 234 g/mol. The number of ketones is 1. The van der Waals surface area contributed by atoms with Gasteiger partial charge in [-0.2, -0.15) is 0 Å². The van der Waals surface area contributed by atoms with Crippen LogP contribution >= 0.6 is 0 Å². The molecule has 1 aromatic carbocycles. The number of hydrogen-bond donors (Lipinski definition) is 1. The van der Waals surface area contributed by atoms with Gasteiger partial charge in [-0.25, -0.2) is 0 Å². The maximum atomic E-state index is 11.3. The summed E-state index contributed by atoms with van der Waals surface area (Å²) in [5.74, 6) is 0.582. The van der Waals surface area contributed by atoms with Crippen LogP contribution in [0.3, 0.4) is 0 Å². The SMILES string of the molecule is CC(=O)c1ccc2c(c1O)C[C@H]([C@]1(C)CO1)O2. The number of phenols is 1. The molecule has 1 saturated heterocycles. The van der Waals surface area contributed by atoms with Crippen molar-refractivity contribution < 1.29 is 19.4 Å². The van der Waals surface area contributed by atoms with E-state index in [1.54, 1.807) is 12.1 Å². The third-order valence-corrected chi connectivity index (χ3v) is 3.56. The second kappa shape index (κ2) is 3.23. The summed E-state index contributed by atoms with van der Waals surface area (Å²) < 4.78 is 11.1. The van der Waals surface area contributed by atoms with Crippen LogP contribution in [0.1, 0.15) is 29.8 Å². The smallest absolute Gasteiger partial charge is 0.163 e. The van der Waals surface area contributed by atoms with Crippen molar-refractivity contribution in [2.45, 2.75) is 32.0 Å². The van der Waals surface area contributed by atoms with Gasteiger partial charge in [-0.3, -0.25) is 4.79 Å². The molecule has 2 heterocycles. The lowest BCUT2D eigenvalue weighted by atomic mass is 9.98. The molecule has 0 aliphatic carbocycles. The molecule has 3 rings (SSSR count). The molecular weight excluding hydrogens is 220 g/mol. The quantitative estimate of drug-likeness (QED) is 0.625. The normalized spacial score (nSPS) is 29.6. The van der Waals surface area contributed by atoms with E-state index in [-0.39, 0.29) is 23.2 Å². The van der Waals surface area contributed by atoms with Crippen LogP contribution in [0.2, 0.25) is 0 Å². The van der Waals surface area contributed by atoms with Gasteiger partial charge in [0.05, 0.1) is 12.2 Å². The Morgan fingerprint density at radius 2 is 2.24 bits per heavy atom. The lowest BCUT2D eigenvalue weighted by molar-refractivity contribution is 0.101. The fourth-order valence-corrected chi connectivity index (χ4v) is 2.23. The fourth-order valence-electron chi connectivity index (χ4n) is 2.23. The Morgan fingerprint density at radius 1 is 1.53 bits per heavy atom. The van der Waals surface area contributed by atoms with Crippen LogP contribution in [-0.4, -0.2) is 29.2 Å². The Bertz CT molecular complexity index is 502. The molecule has 1 aromatic rings. The predicted molar refractivity (Wildman–Crippen MR) is 60.6 cm³/mol. The zero-order valence-corrected chi connectivity index (χ0v) is 9.82. The Labute approximate surface area is 99.2 Å². The number of ether oxygens (including phenoxy) is 2. The number of fused-ring (bicyclic) bond motifs is 1. The number of Topliss-reactive ketones (excluding diaryl/α,β-unsaturated/α-hetero) is 1. The van der Waals surface area contributed by atoms with E-state index in [2.05, 4.69) is 0 Å². The van der Waals surface area contributed by atoms with E-state index < -0.39 is 0 Å². The molecule has 0 unspecified atom stereocenters. The van der Waals surface area contributed by atoms with Crippen molar-refractivity contribution in [2.24, 2.45) is 0 Å². The highest BCUT2D eigenvalue weighted by atomic mass is 16.6. The molecule has 17 heavy (non-hydrogen) atoms. The van der Waals surface area contributed by atoms with Crippen molar-refractivity contribution in [2.75, 3.05) is 6.61 Å². The van der Waals surface area contributed by atoms with Crippen molar-refractivity contribution in [1.29, 1.82) is 0 Å². The Morgan fingerprint density at radius 3 is 2.82 bits per heavy atom. The second-order valence-electron chi connectivity index (χ2n) is 4.91. The van der Waals surface area contributed by atoms with Gasteiger partial charge < -0.3 is 14.6 Å². The van der Waals surface area contributed by atoms with Gasteiger partial charge in [0, 0.05) is 12.0 Å². The number of carbonyl (C=O) groups excluding carboxylic acids is 1. The first-order valence-electron chi connectivity index (χ1n) is 5.68. The van der Waals surface area contributed by atoms with Crippen molar-refractivity contribution in [3.63, 3.8) is 0 Å². The molecule has 0 aromatic heterocycles. The van der Waals surface area contributed by atoms with Crippen molar-refractivity contribution in [1.82, 2.24) is 0 Å². The fraction of sp³-hybridized carbons (Fsp3) is 0.462. The molecule has 4 heteroatoms. The number of hydrogen-bond acceptors (Lipinski definition) is 4. The zero-order chi connectivity index (χ0) is 12.2. The van der Waals surface area contributed by atoms with Gasteiger partial charge in [0.2, 0.25) is 0 Å². The summed E-state index contributed by atoms with van der Waals surface area (Å²) in [4.78, 5) is 11.3. The number of phenolic OH excluding ortho intramolecular Hbond substituents is 1. The molecule has 90 valence electrons. The van der Waals surface area contributed by atoms with Crippen LogP contribution in [0.5, 0.6) is 11.5 Å². The molecule has 0 bridgehead atoms.